The molecular formula is C12H20O2. The van der Waals surface area contributed by atoms with Gasteiger partial charge >= 0.3 is 5.97 Å². The van der Waals surface area contributed by atoms with Crippen LogP contribution >= 0.6 is 0 Å². The van der Waals surface area contributed by atoms with Gasteiger partial charge < -0.3 is 4.74 Å². The van der Waals surface area contributed by atoms with Crippen LogP contribution < -0.4 is 0 Å². The van der Waals surface area contributed by atoms with Crippen molar-refractivity contribution < 1.29 is 9.53 Å². The van der Waals surface area contributed by atoms with Crippen molar-refractivity contribution in [2.24, 2.45) is 11.3 Å². The first-order chi connectivity index (χ1) is 6.49. The molecule has 0 N–H and O–H groups in total. The highest BCUT2D eigenvalue weighted by molar-refractivity contribution is 5.82. The average molecular weight is 196 g/mol. The number of hydrogen-bond acceptors (Lipinski definition) is 2. The Kier molecular flexibility index (Phi) is 3.35. The number of rotatable bonds is 4. The number of carbonyl (C=O) groups is 1. The number of esters is 1. The maximum Gasteiger partial charge on any atom is 0.316 e. The zero-order chi connectivity index (χ0) is 10.8. The molecule has 0 amide bonds. The van der Waals surface area contributed by atoms with Gasteiger partial charge in [-0.1, -0.05) is 26.0 Å². The van der Waals surface area contributed by atoms with Crippen LogP contribution in [0.3, 0.4) is 0 Å². The normalized spacial score (nSPS) is 26.7. The zero-order valence-corrected chi connectivity index (χ0v) is 9.43. The molecule has 14 heavy (non-hydrogen) atoms. The molecule has 1 saturated heterocycles. The summed E-state index contributed by atoms with van der Waals surface area (Å²) in [5, 5.41) is 0. The van der Waals surface area contributed by atoms with Gasteiger partial charge in [0.25, 0.3) is 0 Å². The second-order valence-corrected chi connectivity index (χ2v) is 4.68. The lowest BCUT2D eigenvalue weighted by Gasteiger charge is -2.25. The quantitative estimate of drug-likeness (QED) is 0.510. The number of hydrogen-bond donors (Lipinski definition) is 0. The predicted octanol–water partition coefficient (Wildman–Crippen LogP) is 2.93. The first kappa shape index (κ1) is 11.3. The average Bonchev–Trinajstić information content (AvgIpc) is 2.44. The van der Waals surface area contributed by atoms with Gasteiger partial charge in [0.1, 0.15) is 0 Å². The summed E-state index contributed by atoms with van der Waals surface area (Å²) in [5.41, 5.74) is 0.588. The first-order valence-electron chi connectivity index (χ1n) is 5.32. The first-order valence-corrected chi connectivity index (χ1v) is 5.32. The Morgan fingerprint density at radius 3 is 2.64 bits per heavy atom. The maximum absolute atomic E-state index is 11.7. The van der Waals surface area contributed by atoms with Gasteiger partial charge in [0.15, 0.2) is 0 Å². The Morgan fingerprint density at radius 2 is 2.29 bits per heavy atom. The minimum Gasteiger partial charge on any atom is -0.465 e. The van der Waals surface area contributed by atoms with E-state index in [4.69, 9.17) is 4.74 Å². The predicted molar refractivity (Wildman–Crippen MR) is 56.9 cm³/mol. The molecule has 1 heterocycles. The summed E-state index contributed by atoms with van der Waals surface area (Å²) in [6.07, 6.45) is 2.76. The molecule has 0 aliphatic carbocycles. The van der Waals surface area contributed by atoms with Crippen molar-refractivity contribution in [1.29, 1.82) is 0 Å². The molecule has 1 unspecified atom stereocenters. The van der Waals surface area contributed by atoms with Crippen LogP contribution in [0.5, 0.6) is 0 Å². The fourth-order valence-corrected chi connectivity index (χ4v) is 1.92. The topological polar surface area (TPSA) is 26.3 Å². The van der Waals surface area contributed by atoms with E-state index in [9.17, 15) is 4.79 Å². The molecule has 0 radical (unpaired) electrons. The van der Waals surface area contributed by atoms with E-state index in [2.05, 4.69) is 20.4 Å². The summed E-state index contributed by atoms with van der Waals surface area (Å²) in [7, 11) is 0. The number of cyclic esters (lactones) is 1. The maximum atomic E-state index is 11.7. The SMILES string of the molecule is C=C(C)C1(CCC(C)C)CCOC1=O. The fourth-order valence-electron chi connectivity index (χ4n) is 1.92. The van der Waals surface area contributed by atoms with Crippen LogP contribution in [0, 0.1) is 11.3 Å². The molecule has 2 nitrogen and oxygen atoms in total. The standard InChI is InChI=1S/C12H20O2/c1-9(2)5-6-12(10(3)4)7-8-14-11(12)13/h9H,3,5-8H2,1-2,4H3. The Morgan fingerprint density at radius 1 is 1.64 bits per heavy atom. The van der Waals surface area contributed by atoms with Crippen molar-refractivity contribution in [2.45, 2.75) is 40.0 Å². The van der Waals surface area contributed by atoms with Crippen molar-refractivity contribution in [3.8, 4) is 0 Å². The third-order valence-corrected chi connectivity index (χ3v) is 3.12. The fraction of sp³-hybridized carbons (Fsp3) is 0.750. The van der Waals surface area contributed by atoms with E-state index in [1.807, 2.05) is 6.92 Å². The van der Waals surface area contributed by atoms with Crippen LogP contribution in [0.2, 0.25) is 0 Å². The third kappa shape index (κ3) is 1.99. The van der Waals surface area contributed by atoms with E-state index in [1.165, 1.54) is 0 Å². The van der Waals surface area contributed by atoms with Crippen molar-refractivity contribution in [2.75, 3.05) is 6.61 Å². The molecule has 0 aromatic carbocycles. The van der Waals surface area contributed by atoms with Gasteiger partial charge in [-0.25, -0.2) is 0 Å². The van der Waals surface area contributed by atoms with E-state index in [0.717, 1.165) is 24.8 Å². The molecule has 0 aromatic heterocycles. The summed E-state index contributed by atoms with van der Waals surface area (Å²) in [6.45, 7) is 10.8. The lowest BCUT2D eigenvalue weighted by atomic mass is 9.75. The van der Waals surface area contributed by atoms with Gasteiger partial charge in [-0.05, 0) is 25.7 Å². The minimum absolute atomic E-state index is 0.0642. The van der Waals surface area contributed by atoms with E-state index >= 15 is 0 Å². The van der Waals surface area contributed by atoms with Crippen LogP contribution in [-0.2, 0) is 9.53 Å². The highest BCUT2D eigenvalue weighted by Crippen LogP contribution is 2.41. The van der Waals surface area contributed by atoms with E-state index < -0.39 is 0 Å². The minimum atomic E-state index is -0.371. The van der Waals surface area contributed by atoms with Gasteiger partial charge in [-0.2, -0.15) is 0 Å². The van der Waals surface area contributed by atoms with Crippen LogP contribution in [0.1, 0.15) is 40.0 Å². The zero-order valence-electron chi connectivity index (χ0n) is 9.43. The summed E-state index contributed by atoms with van der Waals surface area (Å²) in [6, 6.07) is 0. The smallest absolute Gasteiger partial charge is 0.316 e. The Hall–Kier alpha value is -0.790. The Labute approximate surface area is 86.3 Å². The molecular weight excluding hydrogens is 176 g/mol. The molecule has 2 heteroatoms. The summed E-state index contributed by atoms with van der Waals surface area (Å²) >= 11 is 0. The Balaban J connectivity index is 2.72. The summed E-state index contributed by atoms with van der Waals surface area (Å²) in [5.74, 6) is 0.560. The van der Waals surface area contributed by atoms with Crippen molar-refractivity contribution in [1.82, 2.24) is 0 Å². The van der Waals surface area contributed by atoms with E-state index in [-0.39, 0.29) is 11.4 Å². The van der Waals surface area contributed by atoms with Crippen molar-refractivity contribution in [3.63, 3.8) is 0 Å². The molecule has 0 spiro atoms. The highest BCUT2D eigenvalue weighted by Gasteiger charge is 2.44. The molecule has 1 atom stereocenters. The van der Waals surface area contributed by atoms with Crippen LogP contribution in [-0.4, -0.2) is 12.6 Å². The van der Waals surface area contributed by atoms with Gasteiger partial charge in [0, 0.05) is 6.42 Å². The number of carbonyl (C=O) groups excluding carboxylic acids is 1. The van der Waals surface area contributed by atoms with E-state index in [0.29, 0.717) is 12.5 Å². The lowest BCUT2D eigenvalue weighted by Crippen LogP contribution is -2.27. The largest absolute Gasteiger partial charge is 0.465 e. The molecule has 0 saturated carbocycles. The van der Waals surface area contributed by atoms with E-state index in [1.54, 1.807) is 0 Å². The molecule has 1 fully saturated rings. The molecule has 1 aliphatic heterocycles. The summed E-state index contributed by atoms with van der Waals surface area (Å²) in [4.78, 5) is 11.7. The molecule has 0 aromatic rings. The van der Waals surface area contributed by atoms with Crippen molar-refractivity contribution >= 4 is 5.97 Å². The monoisotopic (exact) mass is 196 g/mol. The number of ether oxygens (including phenoxy) is 1. The summed E-state index contributed by atoms with van der Waals surface area (Å²) < 4.78 is 5.06. The second kappa shape index (κ2) is 4.16. The second-order valence-electron chi connectivity index (χ2n) is 4.68. The van der Waals surface area contributed by atoms with Crippen molar-refractivity contribution in [3.05, 3.63) is 12.2 Å². The Bertz CT molecular complexity index is 243. The van der Waals surface area contributed by atoms with Gasteiger partial charge in [0.2, 0.25) is 0 Å². The van der Waals surface area contributed by atoms with Crippen LogP contribution in [0.15, 0.2) is 12.2 Å². The molecule has 1 aliphatic rings. The highest BCUT2D eigenvalue weighted by atomic mass is 16.5. The van der Waals surface area contributed by atoms with Gasteiger partial charge in [0.05, 0.1) is 12.0 Å². The van der Waals surface area contributed by atoms with Crippen LogP contribution in [0.25, 0.3) is 0 Å². The molecule has 0 bridgehead atoms. The lowest BCUT2D eigenvalue weighted by molar-refractivity contribution is -0.145. The third-order valence-electron chi connectivity index (χ3n) is 3.12. The van der Waals surface area contributed by atoms with Gasteiger partial charge in [-0.3, -0.25) is 4.79 Å². The van der Waals surface area contributed by atoms with Crippen LogP contribution in [0.4, 0.5) is 0 Å². The molecule has 1 rings (SSSR count). The van der Waals surface area contributed by atoms with Gasteiger partial charge in [-0.15, -0.1) is 0 Å². The molecule has 80 valence electrons.